The lowest BCUT2D eigenvalue weighted by Gasteiger charge is -2.19. The molecule has 0 aromatic heterocycles. The van der Waals surface area contributed by atoms with Crippen molar-refractivity contribution in [3.8, 4) is 6.07 Å². The molecule has 0 spiro atoms. The summed E-state index contributed by atoms with van der Waals surface area (Å²) in [4.78, 5) is 17.6. The molecule has 0 bridgehead atoms. The van der Waals surface area contributed by atoms with Gasteiger partial charge in [0.15, 0.2) is 0 Å². The molecule has 0 atom stereocenters. The molecule has 0 heterocycles. The normalized spacial score (nSPS) is 12.2. The number of hydrogen-bond acceptors (Lipinski definition) is 3. The van der Waals surface area contributed by atoms with Crippen LogP contribution in [0.5, 0.6) is 0 Å². The largest absolute Gasteiger partial charge is 0.399 e. The van der Waals surface area contributed by atoms with Crippen LogP contribution in [0, 0.1) is 11.3 Å². The van der Waals surface area contributed by atoms with Gasteiger partial charge >= 0.3 is 13.3 Å². The summed E-state index contributed by atoms with van der Waals surface area (Å²) in [6, 6.07) is 6.10. The van der Waals surface area contributed by atoms with E-state index in [1.54, 1.807) is 11.8 Å². The summed E-state index contributed by atoms with van der Waals surface area (Å²) in [7, 11) is -5.56. The standard InChI is InChI=1S/C15H19BrF2NO3PS/c16-14-10-12(11-24-9-5-3-1-2-4-8-19)6-7-13(14)15(17,18)23(20,21)22/h6-7,10H,1-5,9,11H2,(H2,20,21,22). The number of alkyl halides is 2. The summed E-state index contributed by atoms with van der Waals surface area (Å²) in [6.07, 6.45) is 4.64. The van der Waals surface area contributed by atoms with Gasteiger partial charge in [0.25, 0.3) is 0 Å². The Kier molecular flexibility index (Phi) is 8.89. The average molecular weight is 442 g/mol. The van der Waals surface area contributed by atoms with Crippen molar-refractivity contribution >= 4 is 35.3 Å². The lowest BCUT2D eigenvalue weighted by Crippen LogP contribution is -2.14. The minimum absolute atomic E-state index is 0.00886. The first kappa shape index (κ1) is 21.6. The highest BCUT2D eigenvalue weighted by molar-refractivity contribution is 9.10. The molecule has 0 saturated carbocycles. The number of nitrogens with zero attached hydrogens (tertiary/aromatic N) is 1. The minimum atomic E-state index is -5.56. The van der Waals surface area contributed by atoms with Crippen molar-refractivity contribution in [2.75, 3.05) is 5.75 Å². The van der Waals surface area contributed by atoms with E-state index in [-0.39, 0.29) is 4.47 Å². The second-order valence-corrected chi connectivity index (χ2v) is 8.88. The van der Waals surface area contributed by atoms with Gasteiger partial charge in [-0.25, -0.2) is 0 Å². The van der Waals surface area contributed by atoms with Crippen molar-refractivity contribution < 1.29 is 23.1 Å². The Morgan fingerprint density at radius 1 is 1.25 bits per heavy atom. The van der Waals surface area contributed by atoms with Crippen molar-refractivity contribution in [2.24, 2.45) is 0 Å². The van der Waals surface area contributed by atoms with E-state index in [0.29, 0.717) is 12.2 Å². The van der Waals surface area contributed by atoms with Crippen molar-refractivity contribution in [3.05, 3.63) is 33.8 Å². The molecule has 1 aromatic carbocycles. The van der Waals surface area contributed by atoms with Gasteiger partial charge in [0.1, 0.15) is 0 Å². The molecule has 9 heteroatoms. The SMILES string of the molecule is N#CCCCCCCSCc1ccc(C(F)(F)P(=O)(O)O)c(Br)c1. The van der Waals surface area contributed by atoms with E-state index >= 15 is 0 Å². The van der Waals surface area contributed by atoms with E-state index in [9.17, 15) is 13.3 Å². The Bertz CT molecular complexity index is 634. The van der Waals surface area contributed by atoms with Gasteiger partial charge in [0.05, 0.1) is 6.07 Å². The van der Waals surface area contributed by atoms with Crippen LogP contribution in [0.1, 0.15) is 43.2 Å². The smallest absolute Gasteiger partial charge is 0.320 e. The van der Waals surface area contributed by atoms with Crippen LogP contribution < -0.4 is 0 Å². The molecule has 134 valence electrons. The van der Waals surface area contributed by atoms with Gasteiger partial charge < -0.3 is 9.79 Å². The zero-order valence-electron chi connectivity index (χ0n) is 12.9. The van der Waals surface area contributed by atoms with Crippen LogP contribution in [-0.2, 0) is 16.0 Å². The zero-order chi connectivity index (χ0) is 18.2. The van der Waals surface area contributed by atoms with E-state index in [1.165, 1.54) is 12.1 Å². The summed E-state index contributed by atoms with van der Waals surface area (Å²) < 4.78 is 38.4. The number of hydrogen-bond donors (Lipinski definition) is 2. The van der Waals surface area contributed by atoms with Gasteiger partial charge in [-0.3, -0.25) is 4.57 Å². The predicted molar refractivity (Wildman–Crippen MR) is 94.9 cm³/mol. The Morgan fingerprint density at radius 3 is 2.50 bits per heavy atom. The first-order valence-electron chi connectivity index (χ1n) is 7.37. The Balaban J connectivity index is 2.49. The van der Waals surface area contributed by atoms with Gasteiger partial charge in [-0.15, -0.1) is 0 Å². The van der Waals surface area contributed by atoms with Crippen LogP contribution in [-0.4, -0.2) is 15.5 Å². The van der Waals surface area contributed by atoms with Crippen LogP contribution in [0.25, 0.3) is 0 Å². The van der Waals surface area contributed by atoms with Crippen molar-refractivity contribution in [3.63, 3.8) is 0 Å². The first-order valence-corrected chi connectivity index (χ1v) is 10.9. The third-order valence-corrected chi connectivity index (χ3v) is 6.06. The van der Waals surface area contributed by atoms with Crippen LogP contribution in [0.2, 0.25) is 0 Å². The summed E-state index contributed by atoms with van der Waals surface area (Å²) in [5.41, 5.74) is -4.11. The molecule has 0 aliphatic rings. The molecule has 0 amide bonds. The number of nitriles is 1. The number of benzene rings is 1. The van der Waals surface area contributed by atoms with Crippen molar-refractivity contribution in [2.45, 2.75) is 43.5 Å². The van der Waals surface area contributed by atoms with Gasteiger partial charge in [-0.2, -0.15) is 25.8 Å². The summed E-state index contributed by atoms with van der Waals surface area (Å²) in [5.74, 6) is 1.57. The molecular formula is C15H19BrF2NO3PS. The van der Waals surface area contributed by atoms with E-state index in [2.05, 4.69) is 22.0 Å². The molecule has 0 unspecified atom stereocenters. The minimum Gasteiger partial charge on any atom is -0.320 e. The monoisotopic (exact) mass is 441 g/mol. The van der Waals surface area contributed by atoms with Crippen LogP contribution >= 0.6 is 35.3 Å². The summed E-state index contributed by atoms with van der Waals surface area (Å²) >= 11 is 4.65. The summed E-state index contributed by atoms with van der Waals surface area (Å²) in [6.45, 7) is 0. The molecule has 2 N–H and O–H groups in total. The second kappa shape index (κ2) is 9.88. The van der Waals surface area contributed by atoms with Gasteiger partial charge in [0, 0.05) is 22.2 Å². The van der Waals surface area contributed by atoms with Gasteiger partial charge in [-0.1, -0.05) is 40.9 Å². The Labute approximate surface area is 152 Å². The second-order valence-electron chi connectivity index (χ2n) is 5.27. The van der Waals surface area contributed by atoms with Crippen LogP contribution in [0.15, 0.2) is 22.7 Å². The highest BCUT2D eigenvalue weighted by atomic mass is 79.9. The van der Waals surface area contributed by atoms with Crippen molar-refractivity contribution in [1.29, 1.82) is 5.26 Å². The maximum atomic E-state index is 13.7. The quantitative estimate of drug-likeness (QED) is 0.376. The number of thioether (sulfide) groups is 1. The molecule has 24 heavy (non-hydrogen) atoms. The molecule has 1 rings (SSSR count). The molecule has 1 aromatic rings. The fraction of sp³-hybridized carbons (Fsp3) is 0.533. The lowest BCUT2D eigenvalue weighted by molar-refractivity contribution is 0.0557. The number of unbranched alkanes of at least 4 members (excludes halogenated alkanes) is 4. The maximum absolute atomic E-state index is 13.7. The Hall–Kier alpha value is -0.450. The molecule has 0 radical (unpaired) electrons. The molecular weight excluding hydrogens is 423 g/mol. The predicted octanol–water partition coefficient (Wildman–Crippen LogP) is 5.38. The van der Waals surface area contributed by atoms with Crippen LogP contribution in [0.4, 0.5) is 8.78 Å². The van der Waals surface area contributed by atoms with Crippen LogP contribution in [0.3, 0.4) is 0 Å². The van der Waals surface area contributed by atoms with E-state index in [1.807, 2.05) is 0 Å². The number of rotatable bonds is 10. The third kappa shape index (κ3) is 6.45. The molecule has 0 aliphatic carbocycles. The topological polar surface area (TPSA) is 81.3 Å². The van der Waals surface area contributed by atoms with Crippen molar-refractivity contribution in [1.82, 2.24) is 0 Å². The molecule has 4 nitrogen and oxygen atoms in total. The van der Waals surface area contributed by atoms with E-state index in [0.717, 1.165) is 43.1 Å². The zero-order valence-corrected chi connectivity index (χ0v) is 16.2. The fourth-order valence-corrected chi connectivity index (χ4v) is 4.31. The fourth-order valence-electron chi connectivity index (χ4n) is 2.00. The van der Waals surface area contributed by atoms with Gasteiger partial charge in [0.2, 0.25) is 0 Å². The number of halogens is 3. The molecule has 0 fully saturated rings. The van der Waals surface area contributed by atoms with E-state index in [4.69, 9.17) is 15.0 Å². The molecule has 0 saturated heterocycles. The van der Waals surface area contributed by atoms with Gasteiger partial charge in [-0.05, 0) is 30.2 Å². The highest BCUT2D eigenvalue weighted by Crippen LogP contribution is 2.60. The maximum Gasteiger partial charge on any atom is 0.399 e. The first-order chi connectivity index (χ1) is 11.2. The third-order valence-electron chi connectivity index (χ3n) is 3.32. The lowest BCUT2D eigenvalue weighted by atomic mass is 10.1. The Morgan fingerprint density at radius 2 is 1.92 bits per heavy atom. The average Bonchev–Trinajstić information content (AvgIpc) is 2.48. The molecule has 0 aliphatic heterocycles. The van der Waals surface area contributed by atoms with E-state index < -0.39 is 18.8 Å². The highest BCUT2D eigenvalue weighted by Gasteiger charge is 2.51. The summed E-state index contributed by atoms with van der Waals surface area (Å²) in [5, 5.41) is 8.42.